The zero-order valence-corrected chi connectivity index (χ0v) is 16.7. The summed E-state index contributed by atoms with van der Waals surface area (Å²) in [5.74, 6) is -1.21. The predicted molar refractivity (Wildman–Crippen MR) is 104 cm³/mol. The molecule has 1 heterocycles. The van der Waals surface area contributed by atoms with Crippen LogP contribution in [-0.2, 0) is 10.9 Å². The van der Waals surface area contributed by atoms with Gasteiger partial charge in [-0.25, -0.2) is 4.79 Å². The van der Waals surface area contributed by atoms with Crippen molar-refractivity contribution in [2.45, 2.75) is 13.1 Å². The Morgan fingerprint density at radius 3 is 2.35 bits per heavy atom. The Morgan fingerprint density at radius 1 is 1.03 bits per heavy atom. The molecule has 3 rings (SSSR count). The minimum atomic E-state index is -4.98. The third kappa shape index (κ3) is 4.42. The fourth-order valence-electron chi connectivity index (χ4n) is 2.93. The van der Waals surface area contributed by atoms with Crippen molar-refractivity contribution in [1.29, 1.82) is 0 Å². The highest BCUT2D eigenvalue weighted by Gasteiger charge is 2.39. The van der Waals surface area contributed by atoms with Crippen molar-refractivity contribution in [2.24, 2.45) is 0 Å². The number of hydrogen-bond acceptors (Lipinski definition) is 7. The SMILES string of the molecule is CCOC(=O)Oc1ccc2c(=O)c(-c3ccc(OC)c(OC)c3)c(C(F)(F)F)oc2c1. The summed E-state index contributed by atoms with van der Waals surface area (Å²) in [5, 5.41) is -0.131. The van der Waals surface area contributed by atoms with Gasteiger partial charge < -0.3 is 23.4 Å². The second-order valence-electron chi connectivity index (χ2n) is 6.15. The monoisotopic (exact) mass is 438 g/mol. The lowest BCUT2D eigenvalue weighted by molar-refractivity contribution is -0.152. The maximum absolute atomic E-state index is 13.8. The molecule has 3 aromatic rings. The van der Waals surface area contributed by atoms with E-state index in [0.717, 1.165) is 6.07 Å². The van der Waals surface area contributed by atoms with Crippen molar-refractivity contribution in [2.75, 3.05) is 20.8 Å². The van der Waals surface area contributed by atoms with Crippen molar-refractivity contribution in [1.82, 2.24) is 0 Å². The Balaban J connectivity index is 2.23. The number of rotatable bonds is 5. The Labute approximate surface area is 173 Å². The van der Waals surface area contributed by atoms with E-state index in [0.29, 0.717) is 0 Å². The van der Waals surface area contributed by atoms with E-state index in [1.165, 1.54) is 44.6 Å². The van der Waals surface area contributed by atoms with Crippen molar-refractivity contribution >= 4 is 17.1 Å². The summed E-state index contributed by atoms with van der Waals surface area (Å²) in [4.78, 5) is 24.5. The van der Waals surface area contributed by atoms with Gasteiger partial charge in [-0.3, -0.25) is 4.79 Å². The van der Waals surface area contributed by atoms with E-state index in [4.69, 9.17) is 18.6 Å². The van der Waals surface area contributed by atoms with Gasteiger partial charge in [0.25, 0.3) is 0 Å². The highest BCUT2D eigenvalue weighted by atomic mass is 19.4. The largest absolute Gasteiger partial charge is 0.513 e. The van der Waals surface area contributed by atoms with Gasteiger partial charge >= 0.3 is 12.3 Å². The van der Waals surface area contributed by atoms with Crippen LogP contribution in [-0.4, -0.2) is 27.0 Å². The quantitative estimate of drug-likeness (QED) is 0.408. The lowest BCUT2D eigenvalue weighted by atomic mass is 10.0. The first-order chi connectivity index (χ1) is 14.7. The van der Waals surface area contributed by atoms with E-state index in [-0.39, 0.29) is 34.8 Å². The molecule has 0 amide bonds. The zero-order chi connectivity index (χ0) is 22.8. The van der Waals surface area contributed by atoms with E-state index < -0.39 is 34.7 Å². The summed E-state index contributed by atoms with van der Waals surface area (Å²) in [6.07, 6.45) is -6.02. The van der Waals surface area contributed by atoms with Crippen molar-refractivity contribution in [3.8, 4) is 28.4 Å². The molecule has 0 radical (unpaired) electrons. The Kier molecular flexibility index (Phi) is 6.09. The number of ether oxygens (including phenoxy) is 4. The van der Waals surface area contributed by atoms with Crippen LogP contribution in [0.2, 0.25) is 0 Å². The molecule has 2 aromatic carbocycles. The molecule has 0 fully saturated rings. The summed E-state index contributed by atoms with van der Waals surface area (Å²) < 4.78 is 66.1. The van der Waals surface area contributed by atoms with Crippen LogP contribution in [0.3, 0.4) is 0 Å². The first kappa shape index (κ1) is 22.0. The molecule has 10 heteroatoms. The number of fused-ring (bicyclic) bond motifs is 1. The fourth-order valence-corrected chi connectivity index (χ4v) is 2.93. The van der Waals surface area contributed by atoms with Crippen LogP contribution in [0.15, 0.2) is 45.6 Å². The molecular formula is C21H17F3O7. The van der Waals surface area contributed by atoms with Gasteiger partial charge in [0, 0.05) is 6.07 Å². The Bertz CT molecular complexity index is 1180. The molecule has 0 saturated carbocycles. The average Bonchev–Trinajstić information content (AvgIpc) is 2.72. The van der Waals surface area contributed by atoms with E-state index in [1.54, 1.807) is 6.92 Å². The maximum Gasteiger partial charge on any atom is 0.513 e. The summed E-state index contributed by atoms with van der Waals surface area (Å²) in [6.45, 7) is 1.61. The lowest BCUT2D eigenvalue weighted by Crippen LogP contribution is -2.16. The van der Waals surface area contributed by atoms with Crippen LogP contribution in [0.25, 0.3) is 22.1 Å². The highest BCUT2D eigenvalue weighted by Crippen LogP contribution is 2.40. The highest BCUT2D eigenvalue weighted by molar-refractivity contribution is 5.85. The minimum Gasteiger partial charge on any atom is -0.493 e. The van der Waals surface area contributed by atoms with Crippen molar-refractivity contribution in [3.63, 3.8) is 0 Å². The summed E-state index contributed by atoms with van der Waals surface area (Å²) in [6, 6.07) is 7.41. The second kappa shape index (κ2) is 8.58. The van der Waals surface area contributed by atoms with Crippen LogP contribution in [0.4, 0.5) is 18.0 Å². The molecule has 1 aromatic heterocycles. The average molecular weight is 438 g/mol. The van der Waals surface area contributed by atoms with Crippen LogP contribution in [0, 0.1) is 0 Å². The number of benzene rings is 2. The number of halogens is 3. The van der Waals surface area contributed by atoms with Crippen LogP contribution >= 0.6 is 0 Å². The van der Waals surface area contributed by atoms with E-state index >= 15 is 0 Å². The van der Waals surface area contributed by atoms with Gasteiger partial charge in [-0.15, -0.1) is 0 Å². The van der Waals surface area contributed by atoms with E-state index in [1.807, 2.05) is 0 Å². The summed E-state index contributed by atoms with van der Waals surface area (Å²) in [5.41, 5.74) is -2.06. The van der Waals surface area contributed by atoms with Gasteiger partial charge in [0.2, 0.25) is 11.2 Å². The number of carbonyl (C=O) groups excluding carboxylic acids is 1. The topological polar surface area (TPSA) is 84.2 Å². The predicted octanol–water partition coefficient (Wildman–Crippen LogP) is 5.03. The molecule has 0 N–H and O–H groups in total. The van der Waals surface area contributed by atoms with Gasteiger partial charge in [-0.05, 0) is 36.8 Å². The lowest BCUT2D eigenvalue weighted by Gasteiger charge is -2.14. The van der Waals surface area contributed by atoms with Crippen LogP contribution in [0.5, 0.6) is 17.2 Å². The molecular weight excluding hydrogens is 421 g/mol. The first-order valence-electron chi connectivity index (χ1n) is 8.94. The molecule has 0 unspecified atom stereocenters. The minimum absolute atomic E-state index is 0.0500. The molecule has 0 atom stereocenters. The Hall–Kier alpha value is -3.69. The molecule has 0 aliphatic rings. The van der Waals surface area contributed by atoms with E-state index in [9.17, 15) is 22.8 Å². The third-order valence-electron chi connectivity index (χ3n) is 4.26. The molecule has 7 nitrogen and oxygen atoms in total. The number of methoxy groups -OCH3 is 2. The third-order valence-corrected chi connectivity index (χ3v) is 4.26. The van der Waals surface area contributed by atoms with Crippen LogP contribution in [0.1, 0.15) is 12.7 Å². The molecule has 0 aliphatic carbocycles. The van der Waals surface area contributed by atoms with Crippen LogP contribution < -0.4 is 19.6 Å². The number of hydrogen-bond donors (Lipinski definition) is 0. The van der Waals surface area contributed by atoms with Crippen molar-refractivity contribution < 1.29 is 41.3 Å². The Morgan fingerprint density at radius 2 is 1.74 bits per heavy atom. The second-order valence-corrected chi connectivity index (χ2v) is 6.15. The zero-order valence-electron chi connectivity index (χ0n) is 16.7. The van der Waals surface area contributed by atoms with Gasteiger partial charge in [-0.2, -0.15) is 13.2 Å². The summed E-state index contributed by atoms with van der Waals surface area (Å²) in [7, 11) is 2.69. The first-order valence-corrected chi connectivity index (χ1v) is 8.94. The standard InChI is InChI=1S/C21H17F3O7/c1-4-29-20(26)30-12-6-7-13-15(10-12)31-19(21(22,23)24)17(18(13)25)11-5-8-14(27-2)16(9-11)28-3/h5-10H,4H2,1-3H3. The number of carbonyl (C=O) groups is 1. The summed E-state index contributed by atoms with van der Waals surface area (Å²) >= 11 is 0. The molecule has 0 aliphatic heterocycles. The van der Waals surface area contributed by atoms with Gasteiger partial charge in [0.1, 0.15) is 11.3 Å². The van der Waals surface area contributed by atoms with Gasteiger partial charge in [0.05, 0.1) is 31.8 Å². The van der Waals surface area contributed by atoms with Crippen molar-refractivity contribution in [3.05, 3.63) is 52.4 Å². The molecule has 164 valence electrons. The smallest absolute Gasteiger partial charge is 0.493 e. The fraction of sp³-hybridized carbons (Fsp3) is 0.238. The molecule has 31 heavy (non-hydrogen) atoms. The maximum atomic E-state index is 13.8. The molecule has 0 bridgehead atoms. The molecule has 0 saturated heterocycles. The van der Waals surface area contributed by atoms with Gasteiger partial charge in [0.15, 0.2) is 11.5 Å². The van der Waals surface area contributed by atoms with E-state index in [2.05, 4.69) is 4.74 Å². The molecule has 0 spiro atoms. The van der Waals surface area contributed by atoms with Gasteiger partial charge in [-0.1, -0.05) is 6.07 Å². The number of alkyl halides is 3. The normalized spacial score (nSPS) is 11.3.